The van der Waals surface area contributed by atoms with E-state index < -0.39 is 18.1 Å². The van der Waals surface area contributed by atoms with Crippen LogP contribution in [-0.4, -0.2) is 33.2 Å². The minimum atomic E-state index is -2.88. The molecule has 37 heavy (non-hydrogen) atoms. The SMILES string of the molecule is C=C1c2cc(F)ccc2N(Cc2ccc(OC)cc2)C(=O)N1Cc1ccc(-c2nnc(C(F)F)o2)cn1. The zero-order valence-corrected chi connectivity index (χ0v) is 19.6. The summed E-state index contributed by atoms with van der Waals surface area (Å²) in [4.78, 5) is 20.9. The lowest BCUT2D eigenvalue weighted by molar-refractivity contribution is 0.116. The Hall–Kier alpha value is -4.67. The van der Waals surface area contributed by atoms with Gasteiger partial charge in [0.1, 0.15) is 11.6 Å². The standard InChI is InChI=1S/C26H20F3N5O3/c1-15-21-11-18(27)6-10-22(21)34(13-16-3-8-20(36-2)9-4-16)26(35)33(15)14-19-7-5-17(12-30-19)24-31-32-25(37-24)23(28)29/h3-12,23H,1,13-14H2,2H3. The minimum absolute atomic E-state index is 0.0408. The maximum atomic E-state index is 14.2. The van der Waals surface area contributed by atoms with E-state index in [1.165, 1.54) is 23.2 Å². The molecule has 8 nitrogen and oxygen atoms in total. The van der Waals surface area contributed by atoms with Crippen LogP contribution in [0.5, 0.6) is 5.75 Å². The summed E-state index contributed by atoms with van der Waals surface area (Å²) >= 11 is 0. The van der Waals surface area contributed by atoms with E-state index >= 15 is 0 Å². The molecule has 5 rings (SSSR count). The van der Waals surface area contributed by atoms with Gasteiger partial charge in [-0.2, -0.15) is 8.78 Å². The van der Waals surface area contributed by atoms with Crippen LogP contribution in [0.4, 0.5) is 23.7 Å². The first kappa shape index (κ1) is 24.0. The highest BCUT2D eigenvalue weighted by Crippen LogP contribution is 2.37. The number of anilines is 1. The summed E-state index contributed by atoms with van der Waals surface area (Å²) in [6.45, 7) is 4.31. The third-order valence-electron chi connectivity index (χ3n) is 5.87. The molecule has 1 aliphatic rings. The first-order valence-corrected chi connectivity index (χ1v) is 11.1. The molecule has 2 amide bonds. The number of alkyl halides is 2. The average Bonchev–Trinajstić information content (AvgIpc) is 3.41. The first-order chi connectivity index (χ1) is 17.8. The number of urea groups is 1. The van der Waals surface area contributed by atoms with Crippen LogP contribution in [0.1, 0.15) is 29.1 Å². The Kier molecular flexibility index (Phi) is 6.34. The molecule has 0 saturated carbocycles. The van der Waals surface area contributed by atoms with E-state index in [4.69, 9.17) is 9.15 Å². The van der Waals surface area contributed by atoms with Crippen LogP contribution in [-0.2, 0) is 13.1 Å². The van der Waals surface area contributed by atoms with Gasteiger partial charge in [-0.05, 0) is 48.0 Å². The van der Waals surface area contributed by atoms with Gasteiger partial charge in [-0.3, -0.25) is 14.8 Å². The van der Waals surface area contributed by atoms with Crippen molar-refractivity contribution < 1.29 is 27.1 Å². The van der Waals surface area contributed by atoms with E-state index in [2.05, 4.69) is 21.8 Å². The van der Waals surface area contributed by atoms with Crippen molar-refractivity contribution in [2.75, 3.05) is 12.0 Å². The van der Waals surface area contributed by atoms with Gasteiger partial charge in [-0.25, -0.2) is 9.18 Å². The van der Waals surface area contributed by atoms with Crippen molar-refractivity contribution in [3.8, 4) is 17.2 Å². The fourth-order valence-electron chi connectivity index (χ4n) is 3.96. The Balaban J connectivity index is 1.42. The third-order valence-corrected chi connectivity index (χ3v) is 5.87. The topological polar surface area (TPSA) is 84.6 Å². The lowest BCUT2D eigenvalue weighted by Crippen LogP contribution is -2.45. The van der Waals surface area contributed by atoms with Gasteiger partial charge in [-0.1, -0.05) is 18.7 Å². The van der Waals surface area contributed by atoms with Crippen molar-refractivity contribution in [1.29, 1.82) is 0 Å². The van der Waals surface area contributed by atoms with Gasteiger partial charge in [0.25, 0.3) is 5.89 Å². The Morgan fingerprint density at radius 3 is 2.46 bits per heavy atom. The number of methoxy groups -OCH3 is 1. The van der Waals surface area contributed by atoms with Crippen LogP contribution in [0.25, 0.3) is 17.2 Å². The van der Waals surface area contributed by atoms with Crippen molar-refractivity contribution in [2.45, 2.75) is 19.5 Å². The lowest BCUT2D eigenvalue weighted by Gasteiger charge is -2.38. The Morgan fingerprint density at radius 1 is 1.03 bits per heavy atom. The monoisotopic (exact) mass is 507 g/mol. The van der Waals surface area contributed by atoms with Crippen molar-refractivity contribution in [1.82, 2.24) is 20.1 Å². The second-order valence-corrected chi connectivity index (χ2v) is 8.20. The van der Waals surface area contributed by atoms with Gasteiger partial charge in [0.15, 0.2) is 0 Å². The fraction of sp³-hybridized carbons (Fsp3) is 0.154. The number of halogens is 3. The van der Waals surface area contributed by atoms with Crippen molar-refractivity contribution in [3.05, 3.63) is 95.9 Å². The van der Waals surface area contributed by atoms with Gasteiger partial charge in [-0.15, -0.1) is 10.2 Å². The normalized spacial score (nSPS) is 13.3. The predicted molar refractivity (Wildman–Crippen MR) is 128 cm³/mol. The molecule has 1 aliphatic heterocycles. The molecular formula is C26H20F3N5O3. The molecule has 0 atom stereocenters. The second kappa shape index (κ2) is 9.76. The van der Waals surface area contributed by atoms with Crippen LogP contribution in [0.15, 0.2) is 71.8 Å². The molecule has 11 heteroatoms. The van der Waals surface area contributed by atoms with Gasteiger partial charge >= 0.3 is 12.5 Å². The number of carbonyl (C=O) groups is 1. The van der Waals surface area contributed by atoms with E-state index in [9.17, 15) is 18.0 Å². The van der Waals surface area contributed by atoms with Crippen molar-refractivity contribution in [3.63, 3.8) is 0 Å². The minimum Gasteiger partial charge on any atom is -0.497 e. The molecule has 0 bridgehead atoms. The zero-order valence-electron chi connectivity index (χ0n) is 19.6. The summed E-state index contributed by atoms with van der Waals surface area (Å²) in [5.74, 6) is -0.643. The third kappa shape index (κ3) is 4.75. The largest absolute Gasteiger partial charge is 0.497 e. The molecule has 2 aromatic carbocycles. The van der Waals surface area contributed by atoms with Crippen LogP contribution in [0, 0.1) is 5.82 Å². The molecule has 0 fully saturated rings. The Bertz CT molecular complexity index is 1460. The molecule has 3 heterocycles. The second-order valence-electron chi connectivity index (χ2n) is 8.20. The predicted octanol–water partition coefficient (Wildman–Crippen LogP) is 5.83. The summed E-state index contributed by atoms with van der Waals surface area (Å²) in [5, 5.41) is 6.91. The summed E-state index contributed by atoms with van der Waals surface area (Å²) in [7, 11) is 1.57. The summed E-state index contributed by atoms with van der Waals surface area (Å²) in [6.07, 6.45) is -1.49. The average molecular weight is 507 g/mol. The van der Waals surface area contributed by atoms with Crippen LogP contribution in [0.3, 0.4) is 0 Å². The molecular weight excluding hydrogens is 487 g/mol. The number of nitrogens with zero attached hydrogens (tertiary/aromatic N) is 5. The summed E-state index contributed by atoms with van der Waals surface area (Å²) in [5.41, 5.74) is 3.03. The molecule has 4 aromatic rings. The number of benzene rings is 2. The molecule has 0 saturated heterocycles. The van der Waals surface area contributed by atoms with Gasteiger partial charge in [0, 0.05) is 17.5 Å². The summed E-state index contributed by atoms with van der Waals surface area (Å²) < 4.78 is 49.8. The van der Waals surface area contributed by atoms with E-state index in [-0.39, 0.29) is 25.0 Å². The number of carbonyl (C=O) groups excluding carboxylic acids is 1. The van der Waals surface area contributed by atoms with Crippen LogP contribution in [0.2, 0.25) is 0 Å². The van der Waals surface area contributed by atoms with E-state index in [1.807, 2.05) is 12.1 Å². The maximum absolute atomic E-state index is 14.2. The van der Waals surface area contributed by atoms with Crippen molar-refractivity contribution in [2.24, 2.45) is 0 Å². The molecule has 0 aliphatic carbocycles. The number of amides is 2. The molecule has 2 aromatic heterocycles. The molecule has 0 N–H and O–H groups in total. The quantitative estimate of drug-likeness (QED) is 0.313. The smallest absolute Gasteiger partial charge is 0.329 e. The van der Waals surface area contributed by atoms with E-state index in [0.717, 1.165) is 5.56 Å². The molecule has 188 valence electrons. The van der Waals surface area contributed by atoms with Gasteiger partial charge < -0.3 is 9.15 Å². The lowest BCUT2D eigenvalue weighted by atomic mass is 10.0. The summed E-state index contributed by atoms with van der Waals surface area (Å²) in [6, 6.07) is 14.3. The molecule has 0 radical (unpaired) electrons. The number of hydrogen-bond donors (Lipinski definition) is 0. The van der Waals surface area contributed by atoms with Crippen LogP contribution < -0.4 is 9.64 Å². The number of fused-ring (bicyclic) bond motifs is 1. The number of aromatic nitrogens is 3. The van der Waals surface area contributed by atoms with E-state index in [1.54, 1.807) is 42.3 Å². The van der Waals surface area contributed by atoms with E-state index in [0.29, 0.717) is 34.0 Å². The maximum Gasteiger partial charge on any atom is 0.329 e. The zero-order chi connectivity index (χ0) is 26.1. The van der Waals surface area contributed by atoms with Crippen LogP contribution >= 0.6 is 0 Å². The Morgan fingerprint density at radius 2 is 1.81 bits per heavy atom. The highest BCUT2D eigenvalue weighted by atomic mass is 19.3. The fourth-order valence-corrected chi connectivity index (χ4v) is 3.96. The molecule has 0 spiro atoms. The number of hydrogen-bond acceptors (Lipinski definition) is 6. The number of pyridine rings is 1. The van der Waals surface area contributed by atoms with Gasteiger partial charge in [0.05, 0.1) is 37.1 Å². The first-order valence-electron chi connectivity index (χ1n) is 11.1. The Labute approximate surface area is 209 Å². The van der Waals surface area contributed by atoms with Gasteiger partial charge in [0.2, 0.25) is 5.89 Å². The molecule has 0 unspecified atom stereocenters. The highest BCUT2D eigenvalue weighted by molar-refractivity contribution is 6.04. The van der Waals surface area contributed by atoms with Crippen molar-refractivity contribution >= 4 is 17.4 Å². The number of rotatable bonds is 7. The number of ether oxygens (including phenoxy) is 1. The highest BCUT2D eigenvalue weighted by Gasteiger charge is 2.34.